The second kappa shape index (κ2) is 6.23. The third kappa shape index (κ3) is 3.68. The van der Waals surface area contributed by atoms with Crippen molar-refractivity contribution >= 4 is 23.6 Å². The maximum Gasteiger partial charge on any atom is 0.416 e. The zero-order valence-electron chi connectivity index (χ0n) is 11.1. The van der Waals surface area contributed by atoms with Gasteiger partial charge in [-0.1, -0.05) is 35.9 Å². The molecule has 0 spiro atoms. The van der Waals surface area contributed by atoms with Crippen LogP contribution in [0.4, 0.5) is 13.2 Å². The van der Waals surface area contributed by atoms with E-state index in [1.165, 1.54) is 18.2 Å². The number of hydrogen-bond donors (Lipinski definition) is 1. The normalized spacial score (nSPS) is 11.8. The first-order valence-electron chi connectivity index (χ1n) is 6.16. The van der Waals surface area contributed by atoms with Gasteiger partial charge in [-0.2, -0.15) is 13.2 Å². The van der Waals surface area contributed by atoms with Gasteiger partial charge in [0.25, 0.3) is 0 Å². The van der Waals surface area contributed by atoms with Gasteiger partial charge in [-0.3, -0.25) is 0 Å². The molecule has 2 aromatic carbocycles. The summed E-state index contributed by atoms with van der Waals surface area (Å²) in [5, 5.41) is 8.96. The highest BCUT2D eigenvalue weighted by Crippen LogP contribution is 2.35. The molecule has 0 aliphatic heterocycles. The average Bonchev–Trinajstić information content (AvgIpc) is 2.45. The molecule has 0 heterocycles. The Morgan fingerprint density at radius 2 is 1.82 bits per heavy atom. The Hall–Kier alpha value is -2.27. The van der Waals surface area contributed by atoms with E-state index in [1.54, 1.807) is 18.2 Å². The molecule has 6 heteroatoms. The molecule has 0 unspecified atom stereocenters. The van der Waals surface area contributed by atoms with Crippen LogP contribution >= 0.6 is 11.6 Å². The van der Waals surface area contributed by atoms with Gasteiger partial charge in [0.2, 0.25) is 0 Å². The lowest BCUT2D eigenvalue weighted by molar-refractivity contribution is -0.137. The van der Waals surface area contributed by atoms with Crippen molar-refractivity contribution in [2.45, 2.75) is 6.18 Å². The summed E-state index contributed by atoms with van der Waals surface area (Å²) in [5.41, 5.74) is 0.308. The monoisotopic (exact) mass is 326 g/mol. The number of hydrogen-bond acceptors (Lipinski definition) is 1. The first-order valence-corrected chi connectivity index (χ1v) is 6.54. The van der Waals surface area contributed by atoms with Crippen molar-refractivity contribution in [2.24, 2.45) is 0 Å². The fourth-order valence-electron chi connectivity index (χ4n) is 1.98. The number of carbonyl (C=O) groups is 1. The first-order chi connectivity index (χ1) is 10.3. The quantitative estimate of drug-likeness (QED) is 0.794. The third-order valence-electron chi connectivity index (χ3n) is 2.95. The molecule has 0 aliphatic rings. The second-order valence-electron chi connectivity index (χ2n) is 4.45. The Morgan fingerprint density at radius 1 is 1.14 bits per heavy atom. The van der Waals surface area contributed by atoms with Crippen LogP contribution in [-0.2, 0) is 11.0 Å². The van der Waals surface area contributed by atoms with Gasteiger partial charge < -0.3 is 5.11 Å². The Bertz CT molecular complexity index is 736. The third-order valence-corrected chi connectivity index (χ3v) is 3.28. The van der Waals surface area contributed by atoms with Gasteiger partial charge in [0.1, 0.15) is 0 Å². The van der Waals surface area contributed by atoms with Gasteiger partial charge in [-0.05, 0) is 35.4 Å². The first kappa shape index (κ1) is 16.1. The molecule has 0 radical (unpaired) electrons. The Kier molecular flexibility index (Phi) is 4.56. The van der Waals surface area contributed by atoms with Gasteiger partial charge in [0.05, 0.1) is 5.56 Å². The summed E-state index contributed by atoms with van der Waals surface area (Å²) in [6.07, 6.45) is -2.30. The van der Waals surface area contributed by atoms with Gasteiger partial charge >= 0.3 is 12.1 Å². The Morgan fingerprint density at radius 3 is 2.45 bits per heavy atom. The summed E-state index contributed by atoms with van der Waals surface area (Å²) in [7, 11) is 0. The molecule has 0 aromatic heterocycles. The molecule has 22 heavy (non-hydrogen) atoms. The van der Waals surface area contributed by atoms with Crippen LogP contribution in [0, 0.1) is 0 Å². The number of rotatable bonds is 3. The highest BCUT2D eigenvalue weighted by Gasteiger charge is 2.30. The van der Waals surface area contributed by atoms with Gasteiger partial charge in [0, 0.05) is 16.7 Å². The fraction of sp³-hybridized carbons (Fsp3) is 0.0625. The molecule has 114 valence electrons. The number of carboxylic acids is 1. The fourth-order valence-corrected chi connectivity index (χ4v) is 2.21. The van der Waals surface area contributed by atoms with Crippen LogP contribution < -0.4 is 0 Å². The van der Waals surface area contributed by atoms with Gasteiger partial charge in [-0.15, -0.1) is 0 Å². The van der Waals surface area contributed by atoms with Crippen molar-refractivity contribution in [3.8, 4) is 11.1 Å². The smallest absolute Gasteiger partial charge is 0.416 e. The zero-order valence-corrected chi connectivity index (χ0v) is 11.8. The molecule has 1 N–H and O–H groups in total. The van der Waals surface area contributed by atoms with E-state index < -0.39 is 17.7 Å². The molecule has 0 atom stereocenters. The molecule has 2 aromatic rings. The number of alkyl halides is 3. The maximum atomic E-state index is 12.8. The van der Waals surface area contributed by atoms with E-state index >= 15 is 0 Å². The standard InChI is InChI=1S/C16H10ClF3O2/c17-14-6-2-5-12(13(14)7-8-15(21)22)10-3-1-4-11(9-10)16(18,19)20/h1-9H,(H,21,22)/b8-7+. The lowest BCUT2D eigenvalue weighted by Crippen LogP contribution is -2.04. The summed E-state index contributed by atoms with van der Waals surface area (Å²) in [5.74, 6) is -1.17. The van der Waals surface area contributed by atoms with E-state index in [-0.39, 0.29) is 5.02 Å². The number of aliphatic carboxylic acids is 1. The summed E-state index contributed by atoms with van der Waals surface area (Å²) in [6.45, 7) is 0. The van der Waals surface area contributed by atoms with Crippen LogP contribution in [0.5, 0.6) is 0 Å². The van der Waals surface area contributed by atoms with Crippen molar-refractivity contribution < 1.29 is 23.1 Å². The minimum atomic E-state index is -4.45. The molecule has 2 nitrogen and oxygen atoms in total. The maximum absolute atomic E-state index is 12.8. The number of carboxylic acid groups (broad SMARTS) is 1. The molecule has 0 bridgehead atoms. The van der Waals surface area contributed by atoms with Crippen molar-refractivity contribution in [1.29, 1.82) is 0 Å². The molecule has 0 fully saturated rings. The van der Waals surface area contributed by atoms with Crippen molar-refractivity contribution in [3.63, 3.8) is 0 Å². The minimum absolute atomic E-state index is 0.257. The van der Waals surface area contributed by atoms with E-state index in [4.69, 9.17) is 16.7 Å². The summed E-state index contributed by atoms with van der Waals surface area (Å²) in [6, 6.07) is 9.51. The highest BCUT2D eigenvalue weighted by molar-refractivity contribution is 6.32. The summed E-state index contributed by atoms with van der Waals surface area (Å²) in [4.78, 5) is 10.6. The zero-order chi connectivity index (χ0) is 16.3. The van der Waals surface area contributed by atoms with Crippen LogP contribution in [0.2, 0.25) is 5.02 Å². The Labute approximate surface area is 129 Å². The molecule has 0 amide bonds. The molecular weight excluding hydrogens is 317 g/mol. The van der Waals surface area contributed by atoms with Crippen molar-refractivity contribution in [2.75, 3.05) is 0 Å². The Balaban J connectivity index is 2.58. The predicted octanol–water partition coefficient (Wildman–Crippen LogP) is 5.12. The molecule has 0 saturated carbocycles. The van der Waals surface area contributed by atoms with Gasteiger partial charge in [0.15, 0.2) is 0 Å². The summed E-state index contributed by atoms with van der Waals surface area (Å²) < 4.78 is 38.4. The minimum Gasteiger partial charge on any atom is -0.478 e. The van der Waals surface area contributed by atoms with Crippen molar-refractivity contribution in [3.05, 3.63) is 64.7 Å². The molecule has 2 rings (SSSR count). The van der Waals surface area contributed by atoms with E-state index in [0.29, 0.717) is 16.7 Å². The largest absolute Gasteiger partial charge is 0.478 e. The van der Waals surface area contributed by atoms with Crippen LogP contribution in [0.15, 0.2) is 48.5 Å². The van der Waals surface area contributed by atoms with Crippen LogP contribution in [0.1, 0.15) is 11.1 Å². The predicted molar refractivity (Wildman–Crippen MR) is 78.6 cm³/mol. The van der Waals surface area contributed by atoms with Crippen LogP contribution in [0.3, 0.4) is 0 Å². The van der Waals surface area contributed by atoms with Crippen LogP contribution in [0.25, 0.3) is 17.2 Å². The van der Waals surface area contributed by atoms with Gasteiger partial charge in [-0.25, -0.2) is 4.79 Å². The van der Waals surface area contributed by atoms with E-state index in [0.717, 1.165) is 18.2 Å². The SMILES string of the molecule is O=C(O)/C=C/c1c(Cl)cccc1-c1cccc(C(F)(F)F)c1. The topological polar surface area (TPSA) is 37.3 Å². The molecule has 0 saturated heterocycles. The van der Waals surface area contributed by atoms with E-state index in [2.05, 4.69) is 0 Å². The summed E-state index contributed by atoms with van der Waals surface area (Å²) >= 11 is 6.03. The van der Waals surface area contributed by atoms with Crippen LogP contribution in [-0.4, -0.2) is 11.1 Å². The molecule has 0 aliphatic carbocycles. The number of halogens is 4. The number of benzene rings is 2. The van der Waals surface area contributed by atoms with E-state index in [1.807, 2.05) is 0 Å². The average molecular weight is 327 g/mol. The second-order valence-corrected chi connectivity index (χ2v) is 4.86. The van der Waals surface area contributed by atoms with E-state index in [9.17, 15) is 18.0 Å². The highest BCUT2D eigenvalue weighted by atomic mass is 35.5. The lowest BCUT2D eigenvalue weighted by Gasteiger charge is -2.11. The van der Waals surface area contributed by atoms with Crippen molar-refractivity contribution in [1.82, 2.24) is 0 Å². The lowest BCUT2D eigenvalue weighted by atomic mass is 9.97. The molecular formula is C16H10ClF3O2.